The highest BCUT2D eigenvalue weighted by Crippen LogP contribution is 2.29. The fourth-order valence-corrected chi connectivity index (χ4v) is 3.09. The van der Waals surface area contributed by atoms with Crippen LogP contribution in [-0.4, -0.2) is 36.1 Å². The average molecular weight is 424 g/mol. The van der Waals surface area contributed by atoms with E-state index in [1.807, 2.05) is 45.0 Å². The largest absolute Gasteiger partial charge is 0.497 e. The molecular weight excluding hydrogens is 394 g/mol. The van der Waals surface area contributed by atoms with Crippen LogP contribution >= 0.6 is 0 Å². The monoisotopic (exact) mass is 423 g/mol. The van der Waals surface area contributed by atoms with Gasteiger partial charge < -0.3 is 14.8 Å². The zero-order chi connectivity index (χ0) is 23.0. The smallest absolute Gasteiger partial charge is 0.255 e. The molecule has 1 atom stereocenters. The Kier molecular flexibility index (Phi) is 8.37. The summed E-state index contributed by atoms with van der Waals surface area (Å²) in [5.74, 6) is 0.758. The molecule has 3 rings (SSSR count). The third-order valence-corrected chi connectivity index (χ3v) is 4.69. The van der Waals surface area contributed by atoms with Crippen molar-refractivity contribution in [3.05, 3.63) is 65.5 Å². The normalized spacial score (nSPS) is 11.0. The molecule has 0 bridgehead atoms. The Bertz CT molecular complexity index is 1040. The number of carbonyl (C=O) groups excluding carboxylic acids is 2. The van der Waals surface area contributed by atoms with Crippen LogP contribution in [0.2, 0.25) is 0 Å². The van der Waals surface area contributed by atoms with Gasteiger partial charge in [0.25, 0.3) is 5.91 Å². The minimum Gasteiger partial charge on any atom is -0.497 e. The molecule has 31 heavy (non-hydrogen) atoms. The maximum atomic E-state index is 12.8. The van der Waals surface area contributed by atoms with Gasteiger partial charge in [0.2, 0.25) is 0 Å². The highest BCUT2D eigenvalue weighted by atomic mass is 16.5. The first-order valence-electron chi connectivity index (χ1n) is 10.1. The lowest BCUT2D eigenvalue weighted by Gasteiger charge is -2.17. The molecule has 1 heterocycles. The summed E-state index contributed by atoms with van der Waals surface area (Å²) in [4.78, 5) is 24.6. The van der Waals surface area contributed by atoms with E-state index in [2.05, 4.69) is 15.5 Å². The Morgan fingerprint density at radius 1 is 1.06 bits per heavy atom. The zero-order valence-electron chi connectivity index (χ0n) is 18.8. The average Bonchev–Trinajstić information content (AvgIpc) is 3.30. The lowest BCUT2D eigenvalue weighted by molar-refractivity contribution is 0.0935. The molecule has 0 aliphatic heterocycles. The highest BCUT2D eigenvalue weighted by molar-refractivity contribution is 6.00. The number of benzene rings is 2. The van der Waals surface area contributed by atoms with Crippen molar-refractivity contribution in [2.24, 2.45) is 0 Å². The number of nitrogens with zero attached hydrogens (tertiary/aromatic N) is 1. The van der Waals surface area contributed by atoms with Crippen LogP contribution < -0.4 is 14.8 Å². The minimum absolute atomic E-state index is 0.120. The molecule has 0 aliphatic rings. The third-order valence-electron chi connectivity index (χ3n) is 4.69. The van der Waals surface area contributed by atoms with E-state index < -0.39 is 0 Å². The lowest BCUT2D eigenvalue weighted by atomic mass is 10.0. The zero-order valence-corrected chi connectivity index (χ0v) is 18.8. The first-order chi connectivity index (χ1) is 14.9. The van der Waals surface area contributed by atoms with Crippen LogP contribution in [-0.2, 0) is 0 Å². The molecule has 7 heteroatoms. The molecule has 1 amide bonds. The van der Waals surface area contributed by atoms with Gasteiger partial charge in [-0.25, -0.2) is 0 Å². The van der Waals surface area contributed by atoms with Gasteiger partial charge >= 0.3 is 0 Å². The molecule has 0 spiro atoms. The van der Waals surface area contributed by atoms with Gasteiger partial charge in [-0.3, -0.25) is 14.7 Å². The third kappa shape index (κ3) is 5.51. The molecule has 0 aliphatic carbocycles. The second kappa shape index (κ2) is 11.0. The second-order valence-corrected chi connectivity index (χ2v) is 6.60. The Hall–Kier alpha value is -3.61. The van der Waals surface area contributed by atoms with E-state index in [1.165, 1.54) is 14.0 Å². The van der Waals surface area contributed by atoms with Crippen molar-refractivity contribution in [3.63, 3.8) is 0 Å². The topological polar surface area (TPSA) is 93.3 Å². The number of aromatic amines is 1. The summed E-state index contributed by atoms with van der Waals surface area (Å²) in [6.07, 6.45) is 1.58. The molecule has 2 N–H and O–H groups in total. The van der Waals surface area contributed by atoms with Crippen LogP contribution in [0.5, 0.6) is 11.5 Å². The summed E-state index contributed by atoms with van der Waals surface area (Å²) in [6, 6.07) is 12.5. The van der Waals surface area contributed by atoms with Gasteiger partial charge in [-0.2, -0.15) is 5.10 Å². The fourth-order valence-electron chi connectivity index (χ4n) is 3.09. The summed E-state index contributed by atoms with van der Waals surface area (Å²) in [5, 5.41) is 9.62. The first kappa shape index (κ1) is 23.7. The van der Waals surface area contributed by atoms with Crippen LogP contribution in [0, 0.1) is 0 Å². The fraction of sp³-hybridized carbons (Fsp3) is 0.292. The van der Waals surface area contributed by atoms with Gasteiger partial charge in [0, 0.05) is 12.5 Å². The Morgan fingerprint density at radius 3 is 2.45 bits per heavy atom. The summed E-state index contributed by atoms with van der Waals surface area (Å²) >= 11 is 0. The number of hydrogen-bond donors (Lipinski definition) is 2. The van der Waals surface area contributed by atoms with Crippen molar-refractivity contribution >= 4 is 11.7 Å². The van der Waals surface area contributed by atoms with Gasteiger partial charge in [-0.05, 0) is 42.3 Å². The van der Waals surface area contributed by atoms with Gasteiger partial charge in [0.1, 0.15) is 17.2 Å². The van der Waals surface area contributed by atoms with Crippen molar-refractivity contribution in [1.82, 2.24) is 15.5 Å². The number of aromatic nitrogens is 2. The molecule has 7 nitrogen and oxygen atoms in total. The molecule has 0 saturated heterocycles. The molecule has 1 unspecified atom stereocenters. The van der Waals surface area contributed by atoms with Crippen LogP contribution in [0.1, 0.15) is 60.1 Å². The maximum Gasteiger partial charge on any atom is 0.255 e. The SMILES string of the molecule is CC.COc1cccc(C(C)NC(=O)c2ccc(-c3cn[nH]c3C(C)=O)cc2OC)c1. The molecule has 0 fully saturated rings. The van der Waals surface area contributed by atoms with Crippen molar-refractivity contribution in [3.8, 4) is 22.6 Å². The van der Waals surface area contributed by atoms with E-state index in [1.54, 1.807) is 31.5 Å². The molecule has 1 aromatic heterocycles. The van der Waals surface area contributed by atoms with Crippen LogP contribution in [0.3, 0.4) is 0 Å². The van der Waals surface area contributed by atoms with E-state index in [4.69, 9.17) is 9.47 Å². The number of hydrogen-bond acceptors (Lipinski definition) is 5. The Balaban J connectivity index is 0.00000166. The van der Waals surface area contributed by atoms with Crippen molar-refractivity contribution < 1.29 is 19.1 Å². The molecule has 2 aromatic carbocycles. The van der Waals surface area contributed by atoms with Crippen molar-refractivity contribution in [2.45, 2.75) is 33.7 Å². The van der Waals surface area contributed by atoms with Gasteiger partial charge in [-0.1, -0.05) is 32.0 Å². The number of methoxy groups -OCH3 is 2. The Labute approximate surface area is 182 Å². The number of carbonyl (C=O) groups is 2. The quantitative estimate of drug-likeness (QED) is 0.532. The van der Waals surface area contributed by atoms with E-state index in [0.717, 1.165) is 16.9 Å². The number of nitrogens with one attached hydrogen (secondary N) is 2. The maximum absolute atomic E-state index is 12.8. The van der Waals surface area contributed by atoms with Crippen molar-refractivity contribution in [2.75, 3.05) is 14.2 Å². The van der Waals surface area contributed by atoms with E-state index >= 15 is 0 Å². The van der Waals surface area contributed by atoms with Gasteiger partial charge in [-0.15, -0.1) is 0 Å². The van der Waals surface area contributed by atoms with Gasteiger partial charge in [0.05, 0.1) is 32.0 Å². The molecule has 0 radical (unpaired) electrons. The Morgan fingerprint density at radius 2 is 1.81 bits per heavy atom. The summed E-state index contributed by atoms with van der Waals surface area (Å²) < 4.78 is 10.7. The van der Waals surface area contributed by atoms with E-state index in [-0.39, 0.29) is 17.7 Å². The predicted octanol–water partition coefficient (Wildman–Crippen LogP) is 4.81. The number of H-pyrrole nitrogens is 1. The van der Waals surface area contributed by atoms with Crippen LogP contribution in [0.15, 0.2) is 48.7 Å². The number of Topliss-reactive ketones (excluding diaryl/α,β-unsaturated/α-hetero) is 1. The predicted molar refractivity (Wildman–Crippen MR) is 121 cm³/mol. The van der Waals surface area contributed by atoms with E-state index in [0.29, 0.717) is 22.6 Å². The first-order valence-corrected chi connectivity index (χ1v) is 10.1. The molecular formula is C24H29N3O4. The van der Waals surface area contributed by atoms with Crippen molar-refractivity contribution in [1.29, 1.82) is 0 Å². The minimum atomic E-state index is -0.261. The molecule has 0 saturated carbocycles. The number of ether oxygens (including phenoxy) is 2. The number of amides is 1. The van der Waals surface area contributed by atoms with Crippen LogP contribution in [0.4, 0.5) is 0 Å². The standard InChI is InChI=1S/C22H23N3O4.C2H6/c1-13(15-6-5-7-17(10-15)28-3)24-22(27)18-9-8-16(11-20(18)29-4)19-12-23-25-21(19)14(2)26;1-2/h5-13H,1-4H3,(H,23,25)(H,24,27);1-2H3. The summed E-state index contributed by atoms with van der Waals surface area (Å²) in [5.41, 5.74) is 3.14. The lowest BCUT2D eigenvalue weighted by Crippen LogP contribution is -2.27. The van der Waals surface area contributed by atoms with Gasteiger partial charge in [0.15, 0.2) is 5.78 Å². The number of rotatable bonds is 7. The summed E-state index contributed by atoms with van der Waals surface area (Å²) in [7, 11) is 3.11. The van der Waals surface area contributed by atoms with Crippen LogP contribution in [0.25, 0.3) is 11.1 Å². The highest BCUT2D eigenvalue weighted by Gasteiger charge is 2.19. The molecule has 164 valence electrons. The second-order valence-electron chi connectivity index (χ2n) is 6.60. The number of ketones is 1. The molecule has 3 aromatic rings. The summed E-state index contributed by atoms with van der Waals surface area (Å²) in [6.45, 7) is 7.37. The van der Waals surface area contributed by atoms with E-state index in [9.17, 15) is 9.59 Å².